The minimum absolute atomic E-state index is 0.0834. The lowest BCUT2D eigenvalue weighted by Crippen LogP contribution is -2.55. The molecule has 0 aromatic carbocycles. The lowest BCUT2D eigenvalue weighted by molar-refractivity contribution is -0.117. The van der Waals surface area contributed by atoms with Gasteiger partial charge < -0.3 is 9.64 Å². The Balaban J connectivity index is 2.13. The van der Waals surface area contributed by atoms with Crippen molar-refractivity contribution in [3.05, 3.63) is 21.9 Å². The third-order valence-electron chi connectivity index (χ3n) is 3.16. The lowest BCUT2D eigenvalue weighted by Gasteiger charge is -2.42. The lowest BCUT2D eigenvalue weighted by atomic mass is 10.1. The molecule has 1 atom stereocenters. The summed E-state index contributed by atoms with van der Waals surface area (Å²) in [5.74, 6) is 0.508. The van der Waals surface area contributed by atoms with Crippen LogP contribution in [0.4, 0.5) is 0 Å². The maximum atomic E-state index is 12.5. The predicted octanol–water partition coefficient (Wildman–Crippen LogP) is 3.17. The molecule has 19 heavy (non-hydrogen) atoms. The molecule has 1 aromatic heterocycles. The second kappa shape index (κ2) is 5.81. The van der Waals surface area contributed by atoms with Crippen molar-refractivity contribution in [2.24, 2.45) is 0 Å². The number of morpholine rings is 1. The molecule has 0 spiro atoms. The Kier molecular flexibility index (Phi) is 4.54. The molecule has 0 bridgehead atoms. The van der Waals surface area contributed by atoms with Gasteiger partial charge in [0.25, 0.3) is 5.91 Å². The van der Waals surface area contributed by atoms with E-state index in [4.69, 9.17) is 16.3 Å². The van der Waals surface area contributed by atoms with Gasteiger partial charge in [-0.2, -0.15) is 0 Å². The molecule has 1 unspecified atom stereocenters. The molecule has 3 nitrogen and oxygen atoms in total. The molecule has 1 fully saturated rings. The summed E-state index contributed by atoms with van der Waals surface area (Å²) in [5, 5.41) is 0. The second-order valence-corrected chi connectivity index (χ2v) is 6.94. The van der Waals surface area contributed by atoms with Crippen LogP contribution in [0.15, 0.2) is 12.1 Å². The molecule has 1 aliphatic heterocycles. The smallest absolute Gasteiger partial charge is 0.264 e. The molecule has 0 N–H and O–H groups in total. The predicted molar refractivity (Wildman–Crippen MR) is 79.3 cm³/mol. The summed E-state index contributed by atoms with van der Waals surface area (Å²) in [6, 6.07) is 3.95. The molecule has 106 valence electrons. The van der Waals surface area contributed by atoms with Crippen LogP contribution in [0.5, 0.6) is 0 Å². The van der Waals surface area contributed by atoms with Crippen molar-refractivity contribution in [1.29, 1.82) is 0 Å². The van der Waals surface area contributed by atoms with E-state index >= 15 is 0 Å². The number of carbonyl (C=O) groups excluding carboxylic acids is 1. The Hall–Kier alpha value is -0.580. The normalized spacial score (nSPS) is 22.5. The van der Waals surface area contributed by atoms with Gasteiger partial charge in [0.1, 0.15) is 0 Å². The van der Waals surface area contributed by atoms with Crippen LogP contribution in [0.3, 0.4) is 0 Å². The summed E-state index contributed by atoms with van der Waals surface area (Å²) in [6.45, 7) is 7.28. The Morgan fingerprint density at radius 2 is 2.32 bits per heavy atom. The van der Waals surface area contributed by atoms with Gasteiger partial charge in [0.2, 0.25) is 0 Å². The first-order chi connectivity index (χ1) is 8.95. The zero-order chi connectivity index (χ0) is 14.0. The third kappa shape index (κ3) is 3.50. The van der Waals surface area contributed by atoms with Crippen LogP contribution >= 0.6 is 22.9 Å². The van der Waals surface area contributed by atoms with Crippen LogP contribution in [-0.4, -0.2) is 41.5 Å². The van der Waals surface area contributed by atoms with E-state index in [1.165, 1.54) is 4.88 Å². The van der Waals surface area contributed by atoms with Crippen LogP contribution in [0.1, 0.15) is 35.3 Å². The largest absolute Gasteiger partial charge is 0.367 e. The van der Waals surface area contributed by atoms with Crippen LogP contribution in [-0.2, 0) is 11.2 Å². The first-order valence-electron chi connectivity index (χ1n) is 6.57. The van der Waals surface area contributed by atoms with Crippen LogP contribution in [0.25, 0.3) is 0 Å². The fraction of sp³-hybridized carbons (Fsp3) is 0.643. The minimum atomic E-state index is -0.335. The Morgan fingerprint density at radius 1 is 1.58 bits per heavy atom. The number of amides is 1. The summed E-state index contributed by atoms with van der Waals surface area (Å²) in [6.07, 6.45) is 0.886. The highest BCUT2D eigenvalue weighted by atomic mass is 35.5. The summed E-state index contributed by atoms with van der Waals surface area (Å²) < 4.78 is 5.84. The standard InChI is InChI=1S/C14H20ClNO2S/c1-4-11-5-6-12(19-11)13(17)16-8-10(7-15)18-14(2,3)9-16/h5-6,10H,4,7-9H2,1-3H3. The number of ether oxygens (including phenoxy) is 1. The highest BCUT2D eigenvalue weighted by Crippen LogP contribution is 2.25. The van der Waals surface area contributed by atoms with Gasteiger partial charge in [-0.25, -0.2) is 0 Å². The van der Waals surface area contributed by atoms with E-state index in [9.17, 15) is 4.79 Å². The number of hydrogen-bond acceptors (Lipinski definition) is 3. The molecule has 0 saturated carbocycles. The van der Waals surface area contributed by atoms with Gasteiger partial charge in [-0.3, -0.25) is 4.79 Å². The number of halogens is 1. The van der Waals surface area contributed by atoms with Crippen molar-refractivity contribution in [3.63, 3.8) is 0 Å². The van der Waals surface area contributed by atoms with E-state index in [-0.39, 0.29) is 17.6 Å². The van der Waals surface area contributed by atoms with Gasteiger partial charge in [0.15, 0.2) is 0 Å². The first-order valence-corrected chi connectivity index (χ1v) is 7.92. The van der Waals surface area contributed by atoms with Crippen LogP contribution < -0.4 is 0 Å². The molecule has 1 aliphatic rings. The summed E-state index contributed by atoms with van der Waals surface area (Å²) >= 11 is 7.47. The van der Waals surface area contributed by atoms with Crippen molar-refractivity contribution in [2.75, 3.05) is 19.0 Å². The maximum Gasteiger partial charge on any atom is 0.264 e. The molecule has 0 aliphatic carbocycles. The molecule has 0 radical (unpaired) electrons. The number of rotatable bonds is 3. The number of alkyl halides is 1. The van der Waals surface area contributed by atoms with Crippen molar-refractivity contribution in [2.45, 2.75) is 38.9 Å². The topological polar surface area (TPSA) is 29.5 Å². The second-order valence-electron chi connectivity index (χ2n) is 5.46. The highest BCUT2D eigenvalue weighted by Gasteiger charge is 2.35. The molecule has 1 saturated heterocycles. The Morgan fingerprint density at radius 3 is 2.89 bits per heavy atom. The zero-order valence-electron chi connectivity index (χ0n) is 11.6. The van der Waals surface area contributed by atoms with E-state index in [0.717, 1.165) is 11.3 Å². The minimum Gasteiger partial charge on any atom is -0.367 e. The summed E-state index contributed by atoms with van der Waals surface area (Å²) in [4.78, 5) is 16.4. The Labute approximate surface area is 123 Å². The number of nitrogens with zero attached hydrogens (tertiary/aromatic N) is 1. The van der Waals surface area contributed by atoms with Gasteiger partial charge in [-0.1, -0.05) is 6.92 Å². The number of thiophene rings is 1. The average Bonchev–Trinajstić information content (AvgIpc) is 2.84. The van der Waals surface area contributed by atoms with Crippen molar-refractivity contribution in [1.82, 2.24) is 4.90 Å². The fourth-order valence-electron chi connectivity index (χ4n) is 2.37. The monoisotopic (exact) mass is 301 g/mol. The molecule has 1 aromatic rings. The Bertz CT molecular complexity index is 458. The van der Waals surface area contributed by atoms with Gasteiger partial charge in [0, 0.05) is 18.0 Å². The molecular weight excluding hydrogens is 282 g/mol. The quantitative estimate of drug-likeness (QED) is 0.803. The van der Waals surface area contributed by atoms with E-state index in [1.807, 2.05) is 30.9 Å². The van der Waals surface area contributed by atoms with Crippen molar-refractivity contribution < 1.29 is 9.53 Å². The van der Waals surface area contributed by atoms with Crippen molar-refractivity contribution in [3.8, 4) is 0 Å². The fourth-order valence-corrected chi connectivity index (χ4v) is 3.45. The third-order valence-corrected chi connectivity index (χ3v) is 4.72. The highest BCUT2D eigenvalue weighted by molar-refractivity contribution is 7.14. The zero-order valence-corrected chi connectivity index (χ0v) is 13.2. The van der Waals surface area contributed by atoms with E-state index in [2.05, 4.69) is 6.92 Å². The van der Waals surface area contributed by atoms with Gasteiger partial charge in [0.05, 0.1) is 22.5 Å². The van der Waals surface area contributed by atoms with Gasteiger partial charge >= 0.3 is 0 Å². The maximum absolute atomic E-state index is 12.5. The van der Waals surface area contributed by atoms with E-state index < -0.39 is 0 Å². The molecule has 5 heteroatoms. The molecule has 1 amide bonds. The van der Waals surface area contributed by atoms with Crippen LogP contribution in [0, 0.1) is 0 Å². The number of carbonyl (C=O) groups is 1. The number of hydrogen-bond donors (Lipinski definition) is 0. The number of aryl methyl sites for hydroxylation is 1. The van der Waals surface area contributed by atoms with Gasteiger partial charge in [-0.15, -0.1) is 22.9 Å². The molecule has 2 rings (SSSR count). The van der Waals surface area contributed by atoms with Gasteiger partial charge in [-0.05, 0) is 32.4 Å². The first kappa shape index (κ1) is 14.8. The molecular formula is C14H20ClNO2S. The average molecular weight is 302 g/mol. The van der Waals surface area contributed by atoms with Crippen molar-refractivity contribution >= 4 is 28.8 Å². The summed E-state index contributed by atoms with van der Waals surface area (Å²) in [5.41, 5.74) is -0.335. The van der Waals surface area contributed by atoms with E-state index in [0.29, 0.717) is 19.0 Å². The SMILES string of the molecule is CCc1ccc(C(=O)N2CC(CCl)OC(C)(C)C2)s1. The van der Waals surface area contributed by atoms with E-state index in [1.54, 1.807) is 11.3 Å². The van der Waals surface area contributed by atoms with Crippen LogP contribution in [0.2, 0.25) is 0 Å². The molecule has 2 heterocycles. The summed E-state index contributed by atoms with van der Waals surface area (Å²) in [7, 11) is 0.